The molecule has 1 atom stereocenters. The van der Waals surface area contributed by atoms with Crippen LogP contribution in [-0.2, 0) is 9.53 Å². The van der Waals surface area contributed by atoms with Gasteiger partial charge in [-0.3, -0.25) is 9.59 Å². The second-order valence-electron chi connectivity index (χ2n) is 5.60. The van der Waals surface area contributed by atoms with Crippen LogP contribution in [0.2, 0.25) is 0 Å². The number of amides is 1. The number of aromatic nitrogens is 1. The Bertz CT molecular complexity index is 810. The van der Waals surface area contributed by atoms with Crippen molar-refractivity contribution in [3.63, 3.8) is 0 Å². The van der Waals surface area contributed by atoms with Crippen LogP contribution in [0.1, 0.15) is 40.3 Å². The molecule has 0 aliphatic rings. The summed E-state index contributed by atoms with van der Waals surface area (Å²) in [5.41, 5.74) is 1.92. The molecule has 1 aromatic carbocycles. The van der Waals surface area contributed by atoms with Crippen LogP contribution in [0.15, 0.2) is 30.5 Å². The Kier molecular flexibility index (Phi) is 5.59. The molecule has 132 valence electrons. The molecule has 7 nitrogen and oxygen atoms in total. The van der Waals surface area contributed by atoms with Crippen molar-refractivity contribution in [2.45, 2.75) is 26.9 Å². The third-order valence-electron chi connectivity index (χ3n) is 3.58. The van der Waals surface area contributed by atoms with E-state index in [4.69, 9.17) is 9.47 Å². The first-order valence-electron chi connectivity index (χ1n) is 7.67. The highest BCUT2D eigenvalue weighted by atomic mass is 16.5. The first-order chi connectivity index (χ1) is 11.8. The van der Waals surface area contributed by atoms with Crippen molar-refractivity contribution in [2.24, 2.45) is 0 Å². The zero-order chi connectivity index (χ0) is 18.6. The number of rotatable bonds is 6. The van der Waals surface area contributed by atoms with E-state index in [0.717, 1.165) is 5.56 Å². The van der Waals surface area contributed by atoms with Crippen molar-refractivity contribution in [3.05, 3.63) is 47.3 Å². The van der Waals surface area contributed by atoms with Crippen LogP contribution in [-0.4, -0.2) is 35.9 Å². The molecule has 0 fully saturated rings. The van der Waals surface area contributed by atoms with Gasteiger partial charge in [-0.1, -0.05) is 6.07 Å². The predicted molar refractivity (Wildman–Crippen MR) is 92.0 cm³/mol. The van der Waals surface area contributed by atoms with Crippen molar-refractivity contribution >= 4 is 23.3 Å². The number of carbonyl (C=O) groups excluding carboxylic acids is 3. The van der Waals surface area contributed by atoms with E-state index in [1.165, 1.54) is 33.2 Å². The first-order valence-corrected chi connectivity index (χ1v) is 7.67. The first kappa shape index (κ1) is 18.3. The summed E-state index contributed by atoms with van der Waals surface area (Å²) in [5.74, 6) is -0.873. The summed E-state index contributed by atoms with van der Waals surface area (Å²) in [7, 11) is 1.50. The molecule has 0 radical (unpaired) electrons. The van der Waals surface area contributed by atoms with Crippen molar-refractivity contribution in [1.82, 2.24) is 4.98 Å². The smallest absolute Gasteiger partial charge is 0.355 e. The van der Waals surface area contributed by atoms with Gasteiger partial charge in [-0.05, 0) is 44.5 Å². The van der Waals surface area contributed by atoms with E-state index in [1.807, 2.05) is 13.0 Å². The summed E-state index contributed by atoms with van der Waals surface area (Å²) in [6, 6.07) is 6.74. The monoisotopic (exact) mass is 344 g/mol. The SMILES string of the molecule is COc1ccc(C)cc1NC(=O)[C@@H](C)OC(=O)c1cc(C(C)=O)c[nH]1. The molecule has 0 saturated heterocycles. The molecule has 1 heterocycles. The van der Waals surface area contributed by atoms with Crippen LogP contribution in [0.5, 0.6) is 5.75 Å². The van der Waals surface area contributed by atoms with Gasteiger partial charge in [0, 0.05) is 11.8 Å². The zero-order valence-corrected chi connectivity index (χ0v) is 14.5. The van der Waals surface area contributed by atoms with Gasteiger partial charge in [-0.15, -0.1) is 0 Å². The Morgan fingerprint density at radius 3 is 2.52 bits per heavy atom. The van der Waals surface area contributed by atoms with Gasteiger partial charge >= 0.3 is 5.97 Å². The highest BCUT2D eigenvalue weighted by molar-refractivity contribution is 5.99. The molecule has 25 heavy (non-hydrogen) atoms. The molecule has 0 bridgehead atoms. The number of methoxy groups -OCH3 is 1. The standard InChI is InChI=1S/C18H20N2O5/c1-10-5-6-16(24-4)14(7-10)20-17(22)12(3)25-18(23)15-8-13(9-19-15)11(2)21/h5-9,12,19H,1-4H3,(H,20,22)/t12-/m1/s1. The van der Waals surface area contributed by atoms with Crippen LogP contribution >= 0.6 is 0 Å². The Labute approximate surface area is 145 Å². The van der Waals surface area contributed by atoms with E-state index >= 15 is 0 Å². The number of Topliss-reactive ketones (excluding diaryl/α,β-unsaturated/α-hetero) is 1. The minimum absolute atomic E-state index is 0.109. The number of benzene rings is 1. The molecule has 0 spiro atoms. The normalized spacial score (nSPS) is 11.5. The molecule has 2 rings (SSSR count). The fourth-order valence-electron chi connectivity index (χ4n) is 2.15. The highest BCUT2D eigenvalue weighted by Gasteiger charge is 2.21. The van der Waals surface area contributed by atoms with E-state index in [9.17, 15) is 14.4 Å². The van der Waals surface area contributed by atoms with Gasteiger partial charge in [-0.25, -0.2) is 4.79 Å². The number of ether oxygens (including phenoxy) is 2. The van der Waals surface area contributed by atoms with E-state index in [0.29, 0.717) is 17.0 Å². The zero-order valence-electron chi connectivity index (χ0n) is 14.5. The van der Waals surface area contributed by atoms with Gasteiger partial charge in [0.2, 0.25) is 0 Å². The lowest BCUT2D eigenvalue weighted by Gasteiger charge is -2.15. The second-order valence-corrected chi connectivity index (χ2v) is 5.60. The maximum atomic E-state index is 12.3. The summed E-state index contributed by atoms with van der Waals surface area (Å²) >= 11 is 0. The van der Waals surface area contributed by atoms with Crippen LogP contribution in [0.4, 0.5) is 5.69 Å². The Balaban J connectivity index is 2.03. The molecule has 1 amide bonds. The number of hydrogen-bond donors (Lipinski definition) is 2. The maximum absolute atomic E-state index is 12.3. The van der Waals surface area contributed by atoms with E-state index in [2.05, 4.69) is 10.3 Å². The predicted octanol–water partition coefficient (Wildman–Crippen LogP) is 2.72. The summed E-state index contributed by atoms with van der Waals surface area (Å²) < 4.78 is 10.3. The Hall–Kier alpha value is -3.09. The van der Waals surface area contributed by atoms with E-state index in [1.54, 1.807) is 12.1 Å². The molecular formula is C18H20N2O5. The van der Waals surface area contributed by atoms with Gasteiger partial charge in [0.15, 0.2) is 11.9 Å². The third kappa shape index (κ3) is 4.47. The largest absolute Gasteiger partial charge is 0.495 e. The topological polar surface area (TPSA) is 97.5 Å². The van der Waals surface area contributed by atoms with Crippen molar-refractivity contribution in [2.75, 3.05) is 12.4 Å². The lowest BCUT2D eigenvalue weighted by atomic mass is 10.2. The molecule has 0 aliphatic carbocycles. The average Bonchev–Trinajstić information content (AvgIpc) is 3.05. The highest BCUT2D eigenvalue weighted by Crippen LogP contribution is 2.25. The molecule has 0 aliphatic heterocycles. The third-order valence-corrected chi connectivity index (χ3v) is 3.58. The molecule has 7 heteroatoms. The molecule has 2 aromatic rings. The van der Waals surface area contributed by atoms with Crippen LogP contribution in [0.3, 0.4) is 0 Å². The van der Waals surface area contributed by atoms with Gasteiger partial charge in [0.25, 0.3) is 5.91 Å². The van der Waals surface area contributed by atoms with Gasteiger partial charge < -0.3 is 19.8 Å². The summed E-state index contributed by atoms with van der Waals surface area (Å²) in [4.78, 5) is 38.2. The number of aromatic amines is 1. The van der Waals surface area contributed by atoms with Crippen molar-refractivity contribution < 1.29 is 23.9 Å². The van der Waals surface area contributed by atoms with Gasteiger partial charge in [0.1, 0.15) is 11.4 Å². The molecule has 0 saturated carbocycles. The van der Waals surface area contributed by atoms with Crippen LogP contribution in [0, 0.1) is 6.92 Å². The number of anilines is 1. The summed E-state index contributed by atoms with van der Waals surface area (Å²) in [6.45, 7) is 4.74. The van der Waals surface area contributed by atoms with Crippen LogP contribution in [0.25, 0.3) is 0 Å². The number of hydrogen-bond acceptors (Lipinski definition) is 5. The summed E-state index contributed by atoms with van der Waals surface area (Å²) in [5, 5.41) is 2.68. The average molecular weight is 344 g/mol. The molecule has 0 unspecified atom stereocenters. The fourth-order valence-corrected chi connectivity index (χ4v) is 2.15. The van der Waals surface area contributed by atoms with Crippen molar-refractivity contribution in [3.8, 4) is 5.75 Å². The van der Waals surface area contributed by atoms with Crippen LogP contribution < -0.4 is 10.1 Å². The minimum atomic E-state index is -1.03. The molecule has 2 N–H and O–H groups in total. The minimum Gasteiger partial charge on any atom is -0.495 e. The lowest BCUT2D eigenvalue weighted by Crippen LogP contribution is -2.30. The Morgan fingerprint density at radius 2 is 1.92 bits per heavy atom. The number of aryl methyl sites for hydroxylation is 1. The number of ketones is 1. The number of nitrogens with one attached hydrogen (secondary N) is 2. The quantitative estimate of drug-likeness (QED) is 0.620. The van der Waals surface area contributed by atoms with E-state index in [-0.39, 0.29) is 11.5 Å². The maximum Gasteiger partial charge on any atom is 0.355 e. The summed E-state index contributed by atoms with van der Waals surface area (Å²) in [6.07, 6.45) is 0.392. The number of H-pyrrole nitrogens is 1. The number of esters is 1. The molecule has 1 aromatic heterocycles. The molecular weight excluding hydrogens is 324 g/mol. The fraction of sp³-hybridized carbons (Fsp3) is 0.278. The van der Waals surface area contributed by atoms with Gasteiger partial charge in [-0.2, -0.15) is 0 Å². The van der Waals surface area contributed by atoms with Crippen molar-refractivity contribution in [1.29, 1.82) is 0 Å². The van der Waals surface area contributed by atoms with E-state index < -0.39 is 18.0 Å². The lowest BCUT2D eigenvalue weighted by molar-refractivity contribution is -0.123. The van der Waals surface area contributed by atoms with Gasteiger partial charge in [0.05, 0.1) is 12.8 Å². The second kappa shape index (κ2) is 7.65. The Morgan fingerprint density at radius 1 is 1.20 bits per heavy atom. The number of carbonyl (C=O) groups is 3.